The number of hydrogen-bond donors (Lipinski definition) is 0. The van der Waals surface area contributed by atoms with Crippen LogP contribution in [0.5, 0.6) is 0 Å². The molecule has 10 aromatic rings. The van der Waals surface area contributed by atoms with Gasteiger partial charge in [0.2, 0.25) is 0 Å². The van der Waals surface area contributed by atoms with Gasteiger partial charge in [0.1, 0.15) is 0 Å². The summed E-state index contributed by atoms with van der Waals surface area (Å²) in [6, 6.07) is 70.3. The lowest BCUT2D eigenvalue weighted by atomic mass is 9.92. The van der Waals surface area contributed by atoms with Gasteiger partial charge in [0.15, 0.2) is 34.9 Å². The molecule has 6 nitrogen and oxygen atoms in total. The molecular formula is C52H34N6. The summed E-state index contributed by atoms with van der Waals surface area (Å²) >= 11 is 0. The Morgan fingerprint density at radius 3 is 0.879 bits per heavy atom. The van der Waals surface area contributed by atoms with Crippen molar-refractivity contribution in [1.29, 1.82) is 0 Å². The van der Waals surface area contributed by atoms with E-state index in [2.05, 4.69) is 84.9 Å². The lowest BCUT2D eigenvalue weighted by Crippen LogP contribution is -2.00. The Labute approximate surface area is 336 Å². The highest BCUT2D eigenvalue weighted by Crippen LogP contribution is 2.36. The van der Waals surface area contributed by atoms with E-state index in [1.165, 1.54) is 5.39 Å². The zero-order valence-electron chi connectivity index (χ0n) is 31.3. The maximum Gasteiger partial charge on any atom is 0.164 e. The van der Waals surface area contributed by atoms with Crippen LogP contribution in [0.15, 0.2) is 206 Å². The average Bonchev–Trinajstić information content (AvgIpc) is 3.32. The molecule has 0 fully saturated rings. The van der Waals surface area contributed by atoms with E-state index >= 15 is 0 Å². The van der Waals surface area contributed by atoms with E-state index in [1.807, 2.05) is 121 Å². The maximum absolute atomic E-state index is 4.94. The lowest BCUT2D eigenvalue weighted by Gasteiger charge is -2.13. The molecule has 0 unspecified atom stereocenters. The van der Waals surface area contributed by atoms with E-state index in [1.54, 1.807) is 0 Å². The summed E-state index contributed by atoms with van der Waals surface area (Å²) in [5, 5.41) is 2.35. The van der Waals surface area contributed by atoms with Gasteiger partial charge in [-0.3, -0.25) is 0 Å². The van der Waals surface area contributed by atoms with Crippen LogP contribution in [0, 0.1) is 0 Å². The first kappa shape index (κ1) is 34.5. The van der Waals surface area contributed by atoms with E-state index < -0.39 is 0 Å². The summed E-state index contributed by atoms with van der Waals surface area (Å²) in [7, 11) is 0. The predicted octanol–water partition coefficient (Wildman–Crippen LogP) is 12.5. The van der Waals surface area contributed by atoms with Crippen LogP contribution in [0.1, 0.15) is 0 Å². The van der Waals surface area contributed by atoms with Crippen molar-refractivity contribution in [3.05, 3.63) is 206 Å². The molecule has 0 bridgehead atoms. The molecule has 0 atom stereocenters. The summed E-state index contributed by atoms with van der Waals surface area (Å²) in [6.07, 6.45) is 0. The van der Waals surface area contributed by atoms with Crippen LogP contribution in [0.2, 0.25) is 0 Å². The van der Waals surface area contributed by atoms with Crippen LogP contribution in [0.25, 0.3) is 101 Å². The monoisotopic (exact) mass is 742 g/mol. The third-order valence-corrected chi connectivity index (χ3v) is 10.2. The fourth-order valence-corrected chi connectivity index (χ4v) is 7.20. The molecule has 0 saturated carbocycles. The van der Waals surface area contributed by atoms with Gasteiger partial charge in [-0.15, -0.1) is 0 Å². The second kappa shape index (κ2) is 15.3. The van der Waals surface area contributed by atoms with Crippen LogP contribution in [-0.4, -0.2) is 29.9 Å². The van der Waals surface area contributed by atoms with Crippen LogP contribution in [0.3, 0.4) is 0 Å². The SMILES string of the molecule is c1ccc(-c2nc(-c3ccccc3)nc(-c3ccc(-c4cc(-c5ccc(-c6nc(-c7ccccc7)nc(-c7ccccc7)n6)cc5)c5ccccc5c4)cc3)n2)cc1. The Hall–Kier alpha value is -7.96. The highest BCUT2D eigenvalue weighted by Gasteiger charge is 2.15. The van der Waals surface area contributed by atoms with Crippen LogP contribution in [0.4, 0.5) is 0 Å². The van der Waals surface area contributed by atoms with Gasteiger partial charge >= 0.3 is 0 Å². The standard InChI is InChI=1S/C52H34N6/c1-5-15-37(16-6-1)47-53-48(38-17-7-2-8-18-38)56-51(55-47)41-29-25-35(26-30-41)44-33-43-23-13-14-24-45(43)46(34-44)36-27-31-42(32-28-36)52-57-49(39-19-9-3-10-20-39)54-50(58-52)40-21-11-4-12-22-40/h1-34H. The Balaban J connectivity index is 1.01. The summed E-state index contributed by atoms with van der Waals surface area (Å²) in [6.45, 7) is 0. The molecule has 0 aliphatic heterocycles. The van der Waals surface area contributed by atoms with Crippen molar-refractivity contribution in [3.8, 4) is 90.6 Å². The quantitative estimate of drug-likeness (QED) is 0.154. The second-order valence-corrected chi connectivity index (χ2v) is 14.0. The van der Waals surface area contributed by atoms with Crippen molar-refractivity contribution in [2.45, 2.75) is 0 Å². The number of rotatable bonds is 8. The molecule has 10 rings (SSSR count). The number of fused-ring (bicyclic) bond motifs is 1. The van der Waals surface area contributed by atoms with Gasteiger partial charge in [-0.05, 0) is 45.2 Å². The first-order valence-electron chi connectivity index (χ1n) is 19.2. The summed E-state index contributed by atoms with van der Waals surface area (Å²) < 4.78 is 0. The van der Waals surface area contributed by atoms with Crippen molar-refractivity contribution in [2.75, 3.05) is 0 Å². The van der Waals surface area contributed by atoms with Gasteiger partial charge in [0.25, 0.3) is 0 Å². The van der Waals surface area contributed by atoms with Crippen molar-refractivity contribution >= 4 is 10.8 Å². The molecule has 272 valence electrons. The van der Waals surface area contributed by atoms with E-state index in [4.69, 9.17) is 29.9 Å². The molecule has 0 spiro atoms. The first-order valence-corrected chi connectivity index (χ1v) is 19.2. The minimum absolute atomic E-state index is 0.628. The van der Waals surface area contributed by atoms with Gasteiger partial charge in [-0.1, -0.05) is 194 Å². The molecule has 0 N–H and O–H groups in total. The minimum atomic E-state index is 0.628. The van der Waals surface area contributed by atoms with E-state index in [0.717, 1.165) is 61.0 Å². The summed E-state index contributed by atoms with van der Waals surface area (Å²) in [5.41, 5.74) is 10.1. The number of hydrogen-bond acceptors (Lipinski definition) is 6. The molecule has 2 aromatic heterocycles. The second-order valence-electron chi connectivity index (χ2n) is 14.0. The van der Waals surface area contributed by atoms with E-state index in [0.29, 0.717) is 34.9 Å². The predicted molar refractivity (Wildman–Crippen MR) is 234 cm³/mol. The highest BCUT2D eigenvalue weighted by atomic mass is 15.0. The largest absolute Gasteiger partial charge is 0.208 e. The molecule has 8 aromatic carbocycles. The topological polar surface area (TPSA) is 77.3 Å². The van der Waals surface area contributed by atoms with Crippen molar-refractivity contribution in [3.63, 3.8) is 0 Å². The van der Waals surface area contributed by atoms with Gasteiger partial charge in [-0.25, -0.2) is 29.9 Å². The Morgan fingerprint density at radius 1 is 0.207 bits per heavy atom. The molecule has 58 heavy (non-hydrogen) atoms. The molecule has 6 heteroatoms. The number of nitrogens with zero attached hydrogens (tertiary/aromatic N) is 6. The third kappa shape index (κ3) is 7.02. The maximum atomic E-state index is 4.94. The molecule has 0 aliphatic carbocycles. The first-order chi connectivity index (χ1) is 28.7. The molecule has 2 heterocycles. The summed E-state index contributed by atoms with van der Waals surface area (Å²) in [5.74, 6) is 3.82. The smallest absolute Gasteiger partial charge is 0.164 e. The van der Waals surface area contributed by atoms with Crippen molar-refractivity contribution in [2.24, 2.45) is 0 Å². The van der Waals surface area contributed by atoms with Crippen LogP contribution < -0.4 is 0 Å². The fourth-order valence-electron chi connectivity index (χ4n) is 7.20. The molecule has 0 aliphatic rings. The fraction of sp³-hybridized carbons (Fsp3) is 0. The van der Waals surface area contributed by atoms with Crippen LogP contribution >= 0.6 is 0 Å². The lowest BCUT2D eigenvalue weighted by molar-refractivity contribution is 1.07. The minimum Gasteiger partial charge on any atom is -0.208 e. The van der Waals surface area contributed by atoms with Gasteiger partial charge in [0, 0.05) is 33.4 Å². The molecule has 0 amide bonds. The van der Waals surface area contributed by atoms with Gasteiger partial charge < -0.3 is 0 Å². The molecule has 0 saturated heterocycles. The summed E-state index contributed by atoms with van der Waals surface area (Å²) in [4.78, 5) is 29.5. The number of aromatic nitrogens is 6. The molecular weight excluding hydrogens is 709 g/mol. The third-order valence-electron chi connectivity index (χ3n) is 10.2. The Morgan fingerprint density at radius 2 is 0.500 bits per heavy atom. The Kier molecular flexibility index (Phi) is 9.10. The van der Waals surface area contributed by atoms with Gasteiger partial charge in [-0.2, -0.15) is 0 Å². The average molecular weight is 743 g/mol. The zero-order valence-corrected chi connectivity index (χ0v) is 31.3. The number of benzene rings is 8. The van der Waals surface area contributed by atoms with Crippen LogP contribution in [-0.2, 0) is 0 Å². The van der Waals surface area contributed by atoms with Crippen molar-refractivity contribution < 1.29 is 0 Å². The Bertz CT molecular complexity index is 2890. The zero-order chi connectivity index (χ0) is 38.7. The molecule has 0 radical (unpaired) electrons. The normalized spacial score (nSPS) is 11.1. The highest BCUT2D eigenvalue weighted by molar-refractivity contribution is 6.00. The van der Waals surface area contributed by atoms with Gasteiger partial charge in [0.05, 0.1) is 0 Å². The van der Waals surface area contributed by atoms with E-state index in [9.17, 15) is 0 Å². The van der Waals surface area contributed by atoms with E-state index in [-0.39, 0.29) is 0 Å². The van der Waals surface area contributed by atoms with Crippen molar-refractivity contribution in [1.82, 2.24) is 29.9 Å².